The first-order valence-corrected chi connectivity index (χ1v) is 8.60. The summed E-state index contributed by atoms with van der Waals surface area (Å²) in [5, 5.41) is 3.98. The molecule has 0 spiro atoms. The molecule has 2 aromatic rings. The Morgan fingerprint density at radius 2 is 2.04 bits per heavy atom. The minimum Gasteiger partial charge on any atom is -0.370 e. The summed E-state index contributed by atoms with van der Waals surface area (Å²) in [6, 6.07) is 15.3. The number of nitrogens with zero attached hydrogens (tertiary/aromatic N) is 2. The largest absolute Gasteiger partial charge is 0.370 e. The van der Waals surface area contributed by atoms with Crippen LogP contribution in [0.2, 0.25) is 5.02 Å². The van der Waals surface area contributed by atoms with Gasteiger partial charge in [-0.3, -0.25) is 4.79 Å². The minimum absolute atomic E-state index is 0.128. The summed E-state index contributed by atoms with van der Waals surface area (Å²) < 4.78 is 0. The molecule has 1 aliphatic heterocycles. The zero-order chi connectivity index (χ0) is 18.0. The maximum absolute atomic E-state index is 11.7. The van der Waals surface area contributed by atoms with E-state index in [9.17, 15) is 4.79 Å². The smallest absolute Gasteiger partial charge is 0.219 e. The molecule has 0 saturated carbocycles. The summed E-state index contributed by atoms with van der Waals surface area (Å²) in [5.41, 5.74) is 8.21. The number of hydrogen-bond acceptors (Lipinski definition) is 4. The third kappa shape index (κ3) is 3.77. The molecule has 1 unspecified atom stereocenters. The Morgan fingerprint density at radius 3 is 2.72 bits per heavy atom. The molecule has 5 nitrogen and oxygen atoms in total. The van der Waals surface area contributed by atoms with Gasteiger partial charge in [-0.1, -0.05) is 35.9 Å². The number of carbonyl (C=O) groups excluding carboxylic acids is 1. The molecule has 0 aromatic heterocycles. The molecule has 1 heterocycles. The number of primary amides is 1. The number of hydrogen-bond donors (Lipinski definition) is 2. The summed E-state index contributed by atoms with van der Waals surface area (Å²) in [7, 11) is 0. The lowest BCUT2D eigenvalue weighted by Crippen LogP contribution is -2.46. The van der Waals surface area contributed by atoms with Crippen LogP contribution in [-0.2, 0) is 4.79 Å². The van der Waals surface area contributed by atoms with Crippen molar-refractivity contribution in [1.29, 1.82) is 0 Å². The topological polar surface area (TPSA) is 70.7 Å². The summed E-state index contributed by atoms with van der Waals surface area (Å²) in [6.07, 6.45) is 0.228. The lowest BCUT2D eigenvalue weighted by atomic mass is 9.97. The molecule has 130 valence electrons. The van der Waals surface area contributed by atoms with E-state index in [1.165, 1.54) is 0 Å². The van der Waals surface area contributed by atoms with Crippen LogP contribution in [-0.4, -0.2) is 22.8 Å². The third-order valence-corrected chi connectivity index (χ3v) is 4.37. The van der Waals surface area contributed by atoms with Crippen molar-refractivity contribution in [2.75, 3.05) is 5.32 Å². The molecule has 3 N–H and O–H groups in total. The molecule has 0 aliphatic carbocycles. The van der Waals surface area contributed by atoms with Gasteiger partial charge in [0.2, 0.25) is 11.9 Å². The van der Waals surface area contributed by atoms with Gasteiger partial charge < -0.3 is 16.0 Å². The van der Waals surface area contributed by atoms with Gasteiger partial charge in [-0.15, -0.1) is 0 Å². The molecule has 1 aliphatic rings. The monoisotopic (exact) mass is 356 g/mol. The van der Waals surface area contributed by atoms with Crippen LogP contribution in [0, 0.1) is 0 Å². The van der Waals surface area contributed by atoms with Crippen LogP contribution in [0.3, 0.4) is 0 Å². The molecule has 1 atom stereocenters. The predicted molar refractivity (Wildman–Crippen MR) is 102 cm³/mol. The number of carbonyl (C=O) groups is 1. The fraction of sp³-hybridized carbons (Fsp3) is 0.263. The van der Waals surface area contributed by atoms with Crippen molar-refractivity contribution in [3.05, 3.63) is 59.1 Å². The number of amides is 1. The van der Waals surface area contributed by atoms with Gasteiger partial charge in [-0.25, -0.2) is 4.99 Å². The highest BCUT2D eigenvalue weighted by Crippen LogP contribution is 2.38. The number of para-hydroxylation sites is 1. The van der Waals surface area contributed by atoms with Crippen molar-refractivity contribution >= 4 is 34.8 Å². The Bertz CT molecular complexity index is 819. The summed E-state index contributed by atoms with van der Waals surface area (Å²) in [5.74, 6) is 0.344. The van der Waals surface area contributed by atoms with Crippen LogP contribution in [0.1, 0.15) is 31.9 Å². The predicted octanol–water partition coefficient (Wildman–Crippen LogP) is 4.08. The maximum Gasteiger partial charge on any atom is 0.219 e. The van der Waals surface area contributed by atoms with Crippen molar-refractivity contribution < 1.29 is 4.79 Å². The van der Waals surface area contributed by atoms with E-state index in [2.05, 4.69) is 24.1 Å². The fourth-order valence-electron chi connectivity index (χ4n) is 3.13. The number of guanidine groups is 1. The van der Waals surface area contributed by atoms with Gasteiger partial charge in [0.1, 0.15) is 0 Å². The van der Waals surface area contributed by atoms with Crippen molar-refractivity contribution in [3.63, 3.8) is 0 Å². The maximum atomic E-state index is 11.7. The number of anilines is 1. The van der Waals surface area contributed by atoms with Gasteiger partial charge >= 0.3 is 0 Å². The Balaban J connectivity index is 2.05. The van der Waals surface area contributed by atoms with E-state index in [1.54, 1.807) is 0 Å². The van der Waals surface area contributed by atoms with Gasteiger partial charge in [-0.05, 0) is 38.1 Å². The molecule has 0 fully saturated rings. The van der Waals surface area contributed by atoms with Crippen LogP contribution in [0.15, 0.2) is 53.5 Å². The Kier molecular flexibility index (Phi) is 4.95. The molecule has 2 aromatic carbocycles. The average Bonchev–Trinajstić information content (AvgIpc) is 2.54. The van der Waals surface area contributed by atoms with Crippen molar-refractivity contribution in [1.82, 2.24) is 4.90 Å². The van der Waals surface area contributed by atoms with E-state index in [1.807, 2.05) is 48.5 Å². The lowest BCUT2D eigenvalue weighted by Gasteiger charge is -2.40. The Hall–Kier alpha value is -2.53. The van der Waals surface area contributed by atoms with E-state index < -0.39 is 0 Å². The molecular weight excluding hydrogens is 336 g/mol. The second kappa shape index (κ2) is 7.15. The number of benzene rings is 2. The highest BCUT2D eigenvalue weighted by atomic mass is 35.5. The summed E-state index contributed by atoms with van der Waals surface area (Å²) in [4.78, 5) is 18.5. The van der Waals surface area contributed by atoms with E-state index in [4.69, 9.17) is 22.3 Å². The van der Waals surface area contributed by atoms with E-state index >= 15 is 0 Å². The number of nitrogens with two attached hydrogens (primary N) is 1. The van der Waals surface area contributed by atoms with Crippen LogP contribution < -0.4 is 11.1 Å². The highest BCUT2D eigenvalue weighted by Gasteiger charge is 2.32. The Morgan fingerprint density at radius 1 is 1.28 bits per heavy atom. The molecule has 0 radical (unpaired) electrons. The number of nitrogens with one attached hydrogen (secondary N) is 1. The molecule has 0 bridgehead atoms. The summed E-state index contributed by atoms with van der Waals surface area (Å²) in [6.45, 7) is 4.13. The second-order valence-corrected chi connectivity index (χ2v) is 6.75. The fourth-order valence-corrected chi connectivity index (χ4v) is 3.32. The number of aliphatic imine (C=N–C) groups is 1. The first kappa shape index (κ1) is 17.3. The van der Waals surface area contributed by atoms with Gasteiger partial charge in [0, 0.05) is 22.3 Å². The van der Waals surface area contributed by atoms with Gasteiger partial charge in [0.05, 0.1) is 18.2 Å². The summed E-state index contributed by atoms with van der Waals surface area (Å²) >= 11 is 6.09. The zero-order valence-corrected chi connectivity index (χ0v) is 15.0. The quantitative estimate of drug-likeness (QED) is 0.867. The normalized spacial score (nSPS) is 16.4. The molecule has 1 amide bonds. The van der Waals surface area contributed by atoms with E-state index in [-0.39, 0.29) is 24.4 Å². The number of halogens is 1. The minimum atomic E-state index is -0.338. The molecule has 6 heteroatoms. The molecule has 0 saturated heterocycles. The van der Waals surface area contributed by atoms with Crippen LogP contribution in [0.5, 0.6) is 0 Å². The molecule has 25 heavy (non-hydrogen) atoms. The number of rotatable bonds is 4. The number of fused-ring (bicyclic) bond motifs is 1. The standard InChI is InChI=1S/C19H21ClN4O/c1-12(2)24-17(11-18(21)25)15-8-3-4-9-16(15)23-19(24)22-14-7-5-6-13(20)10-14/h3-10,12,17H,11H2,1-2H3,(H2,21,25)(H,22,23). The van der Waals surface area contributed by atoms with Crippen LogP contribution >= 0.6 is 11.6 Å². The van der Waals surface area contributed by atoms with Crippen LogP contribution in [0.4, 0.5) is 11.4 Å². The van der Waals surface area contributed by atoms with Gasteiger partial charge in [0.15, 0.2) is 0 Å². The average molecular weight is 357 g/mol. The first-order valence-electron chi connectivity index (χ1n) is 8.22. The lowest BCUT2D eigenvalue weighted by molar-refractivity contribution is -0.119. The first-order chi connectivity index (χ1) is 12.0. The molecule has 3 rings (SSSR count). The van der Waals surface area contributed by atoms with Crippen molar-refractivity contribution in [2.45, 2.75) is 32.4 Å². The SMILES string of the molecule is CC(C)N1C(Nc2cccc(Cl)c2)=Nc2ccccc2C1CC(N)=O. The highest BCUT2D eigenvalue weighted by molar-refractivity contribution is 6.30. The van der Waals surface area contributed by atoms with E-state index in [0.29, 0.717) is 11.0 Å². The second-order valence-electron chi connectivity index (χ2n) is 6.32. The van der Waals surface area contributed by atoms with Gasteiger partial charge in [0.25, 0.3) is 0 Å². The Labute approximate surface area is 152 Å². The van der Waals surface area contributed by atoms with Gasteiger partial charge in [-0.2, -0.15) is 0 Å². The third-order valence-electron chi connectivity index (χ3n) is 4.13. The van der Waals surface area contributed by atoms with Crippen molar-refractivity contribution in [3.8, 4) is 0 Å². The van der Waals surface area contributed by atoms with E-state index in [0.717, 1.165) is 16.9 Å². The molecular formula is C19H21ClN4O. The van der Waals surface area contributed by atoms with Crippen molar-refractivity contribution in [2.24, 2.45) is 10.7 Å². The zero-order valence-electron chi connectivity index (χ0n) is 14.2. The van der Waals surface area contributed by atoms with Crippen LogP contribution in [0.25, 0.3) is 0 Å².